The van der Waals surface area contributed by atoms with Crippen LogP contribution in [0.4, 0.5) is 0 Å². The van der Waals surface area contributed by atoms with Gasteiger partial charge in [0, 0.05) is 5.92 Å². The van der Waals surface area contributed by atoms with Gasteiger partial charge in [0.15, 0.2) is 11.5 Å². The highest BCUT2D eigenvalue weighted by Gasteiger charge is 2.70. The topological polar surface area (TPSA) is 80.3 Å². The summed E-state index contributed by atoms with van der Waals surface area (Å²) < 4.78 is 25.6. The van der Waals surface area contributed by atoms with Crippen LogP contribution in [0.3, 0.4) is 0 Å². The molecule has 0 bridgehead atoms. The molecular weight excluding hydrogens is 411 g/mol. The summed E-state index contributed by atoms with van der Waals surface area (Å²) in [5.41, 5.74) is 0. The van der Waals surface area contributed by atoms with Gasteiger partial charge >= 0.3 is 11.9 Å². The molecule has 1 spiro atoms. The maximum Gasteiger partial charge on any atom is 0.337 e. The molecule has 2 rings (SSSR count). The Balaban J connectivity index is 2.41. The number of ether oxygens (including phenoxy) is 5. The van der Waals surface area contributed by atoms with E-state index in [2.05, 4.69) is 6.58 Å². The van der Waals surface area contributed by atoms with Gasteiger partial charge in [0.1, 0.15) is 12.5 Å². The number of hydrogen-bond acceptors (Lipinski definition) is 7. The van der Waals surface area contributed by atoms with Crippen molar-refractivity contribution >= 4 is 46.7 Å². The first-order valence-corrected chi connectivity index (χ1v) is 8.80. The third-order valence-corrected chi connectivity index (χ3v) is 4.60. The van der Waals surface area contributed by atoms with Crippen molar-refractivity contribution in [1.82, 2.24) is 0 Å². The lowest BCUT2D eigenvalue weighted by atomic mass is 9.84. The van der Waals surface area contributed by atoms with Crippen LogP contribution in [0.2, 0.25) is 0 Å². The second kappa shape index (κ2) is 7.56. The number of carbonyl (C=O) groups excluding carboxylic acids is 2. The highest BCUT2D eigenvalue weighted by molar-refractivity contribution is 6.67. The van der Waals surface area contributed by atoms with E-state index >= 15 is 0 Å². The Bertz CT molecular complexity index is 630. The fraction of sp³-hybridized carbons (Fsp3) is 0.625. The van der Waals surface area contributed by atoms with Gasteiger partial charge < -0.3 is 23.7 Å². The zero-order valence-corrected chi connectivity index (χ0v) is 16.7. The lowest BCUT2D eigenvalue weighted by Gasteiger charge is -2.32. The molecule has 2 aliphatic heterocycles. The summed E-state index contributed by atoms with van der Waals surface area (Å²) in [7, 11) is 1.33. The van der Waals surface area contributed by atoms with Crippen molar-refractivity contribution in [3.63, 3.8) is 0 Å². The van der Waals surface area contributed by atoms with Crippen molar-refractivity contribution < 1.29 is 33.3 Å². The van der Waals surface area contributed by atoms with E-state index in [1.54, 1.807) is 13.8 Å². The minimum absolute atomic E-state index is 0.0240. The molecule has 0 aromatic carbocycles. The van der Waals surface area contributed by atoms with Gasteiger partial charge in [-0.3, -0.25) is 4.79 Å². The quantitative estimate of drug-likeness (QED) is 0.365. The van der Waals surface area contributed by atoms with E-state index in [9.17, 15) is 9.59 Å². The maximum atomic E-state index is 12.7. The van der Waals surface area contributed by atoms with E-state index < -0.39 is 39.1 Å². The van der Waals surface area contributed by atoms with Crippen molar-refractivity contribution in [3.05, 3.63) is 24.5 Å². The Labute approximate surface area is 166 Å². The number of carbonyl (C=O) groups is 2. The van der Waals surface area contributed by atoms with Crippen LogP contribution in [0.1, 0.15) is 13.8 Å². The summed E-state index contributed by atoms with van der Waals surface area (Å²) in [5, 5.41) is 0. The average molecular weight is 430 g/mol. The molecule has 0 N–H and O–H groups in total. The van der Waals surface area contributed by atoms with Crippen molar-refractivity contribution in [2.24, 2.45) is 11.8 Å². The van der Waals surface area contributed by atoms with Gasteiger partial charge in [-0.25, -0.2) is 4.79 Å². The van der Waals surface area contributed by atoms with Gasteiger partial charge in [0.05, 0.1) is 19.8 Å². The van der Waals surface area contributed by atoms with E-state index in [1.165, 1.54) is 13.2 Å². The number of esters is 2. The second-order valence-corrected chi connectivity index (χ2v) is 8.52. The lowest BCUT2D eigenvalue weighted by molar-refractivity contribution is -0.301. The van der Waals surface area contributed by atoms with Crippen LogP contribution in [-0.2, 0) is 33.3 Å². The largest absolute Gasteiger partial charge is 0.494 e. The Morgan fingerprint density at radius 1 is 1.46 bits per heavy atom. The number of hydrogen-bond donors (Lipinski definition) is 0. The van der Waals surface area contributed by atoms with Crippen molar-refractivity contribution in [2.75, 3.05) is 20.3 Å². The number of methoxy groups -OCH3 is 1. The molecule has 7 nitrogen and oxygen atoms in total. The molecule has 0 aromatic rings. The molecule has 1 fully saturated rings. The molecule has 146 valence electrons. The summed E-state index contributed by atoms with van der Waals surface area (Å²) in [6.45, 7) is 6.38. The zero-order valence-electron chi connectivity index (χ0n) is 14.4. The van der Waals surface area contributed by atoms with E-state index in [1.807, 2.05) is 0 Å². The normalized spacial score (nSPS) is 33.8. The third kappa shape index (κ3) is 3.97. The SMILES string of the molecule is C=CCOC(=O)[C@H]1[C@H](C)[C@](C)(OCC(Cl)(Cl)Cl)O[C@@]12OC(=O)C=C2OC. The molecule has 26 heavy (non-hydrogen) atoms. The molecule has 0 radical (unpaired) electrons. The van der Waals surface area contributed by atoms with E-state index in [4.69, 9.17) is 58.5 Å². The van der Waals surface area contributed by atoms with Crippen LogP contribution in [0.15, 0.2) is 24.5 Å². The zero-order chi connectivity index (χ0) is 19.8. The lowest BCUT2D eigenvalue weighted by Crippen LogP contribution is -2.45. The predicted octanol–water partition coefficient (Wildman–Crippen LogP) is 2.88. The molecule has 4 atom stereocenters. The summed E-state index contributed by atoms with van der Waals surface area (Å²) >= 11 is 17.2. The molecule has 0 aromatic heterocycles. The first kappa shape index (κ1) is 21.3. The minimum Gasteiger partial charge on any atom is -0.494 e. The molecule has 0 unspecified atom stereocenters. The Morgan fingerprint density at radius 3 is 2.65 bits per heavy atom. The van der Waals surface area contributed by atoms with Crippen molar-refractivity contribution in [1.29, 1.82) is 0 Å². The molecule has 10 heteroatoms. The van der Waals surface area contributed by atoms with Gasteiger partial charge in [0.2, 0.25) is 3.79 Å². The first-order valence-electron chi connectivity index (χ1n) is 7.66. The van der Waals surface area contributed by atoms with E-state index in [0.29, 0.717) is 0 Å². The van der Waals surface area contributed by atoms with E-state index in [0.717, 1.165) is 6.08 Å². The average Bonchev–Trinajstić information content (AvgIpc) is 2.96. The highest BCUT2D eigenvalue weighted by atomic mass is 35.6. The predicted molar refractivity (Wildman–Crippen MR) is 93.5 cm³/mol. The minimum atomic E-state index is -1.83. The molecule has 2 heterocycles. The molecule has 2 aliphatic rings. The number of rotatable bonds is 6. The van der Waals surface area contributed by atoms with Crippen LogP contribution in [0.5, 0.6) is 0 Å². The smallest absolute Gasteiger partial charge is 0.337 e. The maximum absolute atomic E-state index is 12.7. The first-order chi connectivity index (χ1) is 12.0. The van der Waals surface area contributed by atoms with Crippen LogP contribution >= 0.6 is 34.8 Å². The Kier molecular flexibility index (Phi) is 6.20. The molecule has 0 saturated carbocycles. The Morgan fingerprint density at radius 2 is 2.12 bits per heavy atom. The molecule has 0 amide bonds. The fourth-order valence-corrected chi connectivity index (χ4v) is 3.16. The van der Waals surface area contributed by atoms with Gasteiger partial charge in [-0.15, -0.1) is 0 Å². The van der Waals surface area contributed by atoms with Gasteiger partial charge in [-0.05, 0) is 6.92 Å². The summed E-state index contributed by atoms with van der Waals surface area (Å²) in [5.74, 6) is -6.33. The van der Waals surface area contributed by atoms with Crippen LogP contribution in [0, 0.1) is 11.8 Å². The van der Waals surface area contributed by atoms with Crippen molar-refractivity contribution in [3.8, 4) is 0 Å². The summed E-state index contributed by atoms with van der Waals surface area (Å²) in [6, 6.07) is 0. The van der Waals surface area contributed by atoms with Crippen LogP contribution in [-0.4, -0.2) is 47.6 Å². The van der Waals surface area contributed by atoms with Gasteiger partial charge in [0.25, 0.3) is 5.79 Å². The summed E-state index contributed by atoms with van der Waals surface area (Å²) in [4.78, 5) is 24.5. The second-order valence-electron chi connectivity index (χ2n) is 6.01. The van der Waals surface area contributed by atoms with Crippen LogP contribution in [0.25, 0.3) is 0 Å². The summed E-state index contributed by atoms with van der Waals surface area (Å²) in [6.07, 6.45) is 2.51. The van der Waals surface area contributed by atoms with Crippen LogP contribution < -0.4 is 0 Å². The molecular formula is C16H19Cl3O7. The third-order valence-electron chi connectivity index (χ3n) is 4.28. The number of halogens is 3. The highest BCUT2D eigenvalue weighted by Crippen LogP contribution is 2.54. The molecule has 1 saturated heterocycles. The van der Waals surface area contributed by atoms with E-state index in [-0.39, 0.29) is 19.0 Å². The van der Waals surface area contributed by atoms with Crippen molar-refractivity contribution in [2.45, 2.75) is 29.2 Å². The fourth-order valence-electron chi connectivity index (χ4n) is 2.99. The van der Waals surface area contributed by atoms with Gasteiger partial charge in [-0.1, -0.05) is 54.4 Å². The van der Waals surface area contributed by atoms with Gasteiger partial charge in [-0.2, -0.15) is 0 Å². The Hall–Kier alpha value is -0.990. The monoisotopic (exact) mass is 428 g/mol. The molecule has 0 aliphatic carbocycles. The number of alkyl halides is 3. The standard InChI is InChI=1S/C16H19Cl3O7/c1-5-6-23-13(21)12-9(2)14(3,24-8-15(17,18)19)26-16(12)10(22-4)7-11(20)25-16/h5,7,9,12H,1,6,8H2,2-4H3/t9-,12+,14+,16+/m0/s1.